The first-order valence-electron chi connectivity index (χ1n) is 12.6. The maximum atomic E-state index is 15.6. The third-order valence-electron chi connectivity index (χ3n) is 7.12. The molecular weight excluding hydrogens is 487 g/mol. The van der Waals surface area contributed by atoms with Crippen molar-refractivity contribution in [2.45, 2.75) is 45.3 Å². The highest BCUT2D eigenvalue weighted by molar-refractivity contribution is 5.95. The van der Waals surface area contributed by atoms with Crippen molar-refractivity contribution < 1.29 is 19.4 Å². The van der Waals surface area contributed by atoms with Gasteiger partial charge >= 0.3 is 0 Å². The van der Waals surface area contributed by atoms with Gasteiger partial charge in [-0.25, -0.2) is 9.37 Å². The highest BCUT2D eigenvalue weighted by Gasteiger charge is 2.33. The molecule has 3 heterocycles. The highest BCUT2D eigenvalue weighted by atomic mass is 19.1. The van der Waals surface area contributed by atoms with Crippen molar-refractivity contribution in [1.29, 1.82) is 0 Å². The number of hydrogen-bond donors (Lipinski definition) is 5. The monoisotopic (exact) mass is 518 g/mol. The van der Waals surface area contributed by atoms with Gasteiger partial charge in [-0.2, -0.15) is 5.10 Å². The summed E-state index contributed by atoms with van der Waals surface area (Å²) < 4.78 is 15.6. The van der Waals surface area contributed by atoms with E-state index in [1.54, 1.807) is 35.4 Å². The fraction of sp³-hybridized carbons (Fsp3) is 0.321. The molecule has 0 aliphatic carbocycles. The number of aliphatic hydroxyl groups is 1. The quantitative estimate of drug-likeness (QED) is 0.263. The molecule has 0 spiro atoms. The van der Waals surface area contributed by atoms with Crippen molar-refractivity contribution in [1.82, 2.24) is 25.1 Å². The number of carbonyl (C=O) groups excluding carboxylic acids is 1. The number of hydrogen-bond acceptors (Lipinski definition) is 6. The van der Waals surface area contributed by atoms with Gasteiger partial charge < -0.3 is 25.8 Å². The van der Waals surface area contributed by atoms with Crippen molar-refractivity contribution in [3.05, 3.63) is 59.7 Å². The van der Waals surface area contributed by atoms with Crippen LogP contribution in [-0.4, -0.2) is 65.9 Å². The molecule has 1 atom stereocenters. The summed E-state index contributed by atoms with van der Waals surface area (Å²) in [7, 11) is 0. The van der Waals surface area contributed by atoms with Gasteiger partial charge in [-0.1, -0.05) is 25.1 Å². The van der Waals surface area contributed by atoms with Crippen LogP contribution in [0.15, 0.2) is 42.6 Å². The van der Waals surface area contributed by atoms with Gasteiger partial charge in [0.05, 0.1) is 11.3 Å². The maximum Gasteiger partial charge on any atom is 0.242 e. The molecule has 38 heavy (non-hydrogen) atoms. The zero-order valence-corrected chi connectivity index (χ0v) is 21.5. The van der Waals surface area contributed by atoms with Crippen molar-refractivity contribution in [2.24, 2.45) is 5.73 Å². The first kappa shape index (κ1) is 25.6. The number of carbonyl (C=O) groups is 1. The molecule has 2 aromatic heterocycles. The highest BCUT2D eigenvalue weighted by Crippen LogP contribution is 2.35. The minimum absolute atomic E-state index is 0.148. The average Bonchev–Trinajstić information content (AvgIpc) is 3.55. The second kappa shape index (κ2) is 9.70. The van der Waals surface area contributed by atoms with Crippen LogP contribution in [0.4, 0.5) is 4.39 Å². The molecule has 1 aliphatic rings. The van der Waals surface area contributed by atoms with E-state index < -0.39 is 17.5 Å². The van der Waals surface area contributed by atoms with Gasteiger partial charge in [-0.15, -0.1) is 0 Å². The number of nitrogens with two attached hydrogens (primary N) is 1. The summed E-state index contributed by atoms with van der Waals surface area (Å²) in [6, 6.07) is 7.47. The largest absolute Gasteiger partial charge is 0.508 e. The normalized spacial score (nSPS) is 15.1. The summed E-state index contributed by atoms with van der Waals surface area (Å²) in [5.74, 6) is -0.0638. The minimum atomic E-state index is -1.30. The number of nitrogens with one attached hydrogen (secondary N) is 2. The lowest BCUT2D eigenvalue weighted by molar-refractivity contribution is -0.137. The zero-order valence-electron chi connectivity index (χ0n) is 21.5. The molecule has 0 bridgehead atoms. The van der Waals surface area contributed by atoms with Crippen LogP contribution in [0.25, 0.3) is 39.1 Å². The van der Waals surface area contributed by atoms with E-state index in [0.717, 1.165) is 22.4 Å². The lowest BCUT2D eigenvalue weighted by atomic mass is 9.96. The van der Waals surface area contributed by atoms with E-state index in [1.165, 1.54) is 13.8 Å². The summed E-state index contributed by atoms with van der Waals surface area (Å²) >= 11 is 0. The van der Waals surface area contributed by atoms with Gasteiger partial charge in [0.15, 0.2) is 11.6 Å². The van der Waals surface area contributed by atoms with E-state index in [4.69, 9.17) is 10.7 Å². The molecule has 0 saturated heterocycles. The third-order valence-corrected chi connectivity index (χ3v) is 7.12. The second-order valence-corrected chi connectivity index (χ2v) is 10.1. The Bertz CT molecular complexity index is 1550. The van der Waals surface area contributed by atoms with Gasteiger partial charge in [0.25, 0.3) is 0 Å². The number of rotatable bonds is 6. The fourth-order valence-electron chi connectivity index (χ4n) is 4.79. The van der Waals surface area contributed by atoms with Gasteiger partial charge in [-0.3, -0.25) is 9.89 Å². The number of amides is 1. The molecule has 0 unspecified atom stereocenters. The predicted octanol–water partition coefficient (Wildman–Crippen LogP) is 3.74. The summed E-state index contributed by atoms with van der Waals surface area (Å²) in [5, 5.41) is 27.6. The molecule has 1 aliphatic heterocycles. The van der Waals surface area contributed by atoms with Crippen LogP contribution >= 0.6 is 0 Å². The lowest BCUT2D eigenvalue weighted by Crippen LogP contribution is -2.55. The number of imidazole rings is 1. The fourth-order valence-corrected chi connectivity index (χ4v) is 4.79. The number of fused-ring (bicyclic) bond motifs is 1. The van der Waals surface area contributed by atoms with E-state index in [-0.39, 0.29) is 17.2 Å². The minimum Gasteiger partial charge on any atom is -0.508 e. The molecule has 6 N–H and O–H groups in total. The Morgan fingerprint density at radius 3 is 2.71 bits per heavy atom. The number of phenolic OH excluding ortho intramolecular Hbond substituents is 1. The van der Waals surface area contributed by atoms with E-state index in [9.17, 15) is 15.0 Å². The zero-order chi connectivity index (χ0) is 27.2. The SMILES string of the molecule is CCc1cc(O)ccc1-c1ccc2c(-c3nc(C4=CCN(C(=O)[C@@H](N)C(C)(C)O)CC4)c[nH]3)n[nH]c2c1F. The summed E-state index contributed by atoms with van der Waals surface area (Å²) in [5.41, 5.74) is 9.10. The molecule has 2 aromatic carbocycles. The molecule has 4 aromatic rings. The number of aromatic nitrogens is 4. The first-order valence-corrected chi connectivity index (χ1v) is 12.6. The molecule has 1 amide bonds. The average molecular weight is 519 g/mol. The van der Waals surface area contributed by atoms with Crippen LogP contribution in [0.5, 0.6) is 5.75 Å². The molecule has 10 heteroatoms. The number of benzene rings is 2. The molecule has 198 valence electrons. The van der Waals surface area contributed by atoms with Crippen molar-refractivity contribution in [3.8, 4) is 28.4 Å². The molecule has 5 rings (SSSR count). The maximum absolute atomic E-state index is 15.6. The topological polar surface area (TPSA) is 144 Å². The number of halogens is 1. The third kappa shape index (κ3) is 4.57. The van der Waals surface area contributed by atoms with Crippen molar-refractivity contribution in [2.75, 3.05) is 13.1 Å². The Labute approximate surface area is 219 Å². The number of aryl methyl sites for hydroxylation is 1. The first-order chi connectivity index (χ1) is 18.1. The van der Waals surface area contributed by atoms with Gasteiger partial charge in [-0.05, 0) is 61.6 Å². The van der Waals surface area contributed by atoms with Crippen LogP contribution in [0, 0.1) is 5.82 Å². The molecule has 0 radical (unpaired) electrons. The van der Waals surface area contributed by atoms with E-state index in [2.05, 4.69) is 15.2 Å². The summed E-state index contributed by atoms with van der Waals surface area (Å²) in [4.78, 5) is 22.1. The number of aromatic amines is 2. The van der Waals surface area contributed by atoms with Gasteiger partial charge in [0, 0.05) is 30.2 Å². The van der Waals surface area contributed by atoms with E-state index >= 15 is 4.39 Å². The molecule has 0 fully saturated rings. The number of phenols is 1. The van der Waals surface area contributed by atoms with Crippen molar-refractivity contribution >= 4 is 22.4 Å². The van der Waals surface area contributed by atoms with Crippen molar-refractivity contribution in [3.63, 3.8) is 0 Å². The molecule has 9 nitrogen and oxygen atoms in total. The predicted molar refractivity (Wildman–Crippen MR) is 144 cm³/mol. The second-order valence-electron chi connectivity index (χ2n) is 10.1. The summed E-state index contributed by atoms with van der Waals surface area (Å²) in [6.07, 6.45) is 4.94. The van der Waals surface area contributed by atoms with Gasteiger partial charge in [0.2, 0.25) is 5.91 Å². The van der Waals surface area contributed by atoms with E-state index in [0.29, 0.717) is 48.4 Å². The van der Waals surface area contributed by atoms with Crippen LogP contribution < -0.4 is 5.73 Å². The van der Waals surface area contributed by atoms with Crippen LogP contribution in [0.3, 0.4) is 0 Å². The smallest absolute Gasteiger partial charge is 0.242 e. The Kier molecular flexibility index (Phi) is 6.54. The van der Waals surface area contributed by atoms with Gasteiger partial charge in [0.1, 0.15) is 23.0 Å². The number of nitrogens with zero attached hydrogens (tertiary/aromatic N) is 3. The van der Waals surface area contributed by atoms with Crippen LogP contribution in [0.2, 0.25) is 0 Å². The van der Waals surface area contributed by atoms with Crippen LogP contribution in [0.1, 0.15) is 38.4 Å². The molecule has 0 saturated carbocycles. The molecular formula is C28H31FN6O3. The summed E-state index contributed by atoms with van der Waals surface area (Å²) in [6.45, 7) is 5.84. The Morgan fingerprint density at radius 2 is 2.03 bits per heavy atom. The number of aromatic hydroxyl groups is 1. The standard InChI is InChI=1S/C28H31FN6O3/c1-4-15-13-17(36)5-6-18(15)19-7-8-20-23(22(19)29)33-34-24(20)26-31-14-21(32-26)16-9-11-35(12-10-16)27(37)25(30)28(2,3)38/h5-9,13-14,25,36,38H,4,10-12,30H2,1-3H3,(H,31,32)(H,33,34)/t25-/m1/s1. The van der Waals surface area contributed by atoms with Crippen LogP contribution in [-0.2, 0) is 11.2 Å². The Hall–Kier alpha value is -4.02. The number of H-pyrrole nitrogens is 2. The Balaban J connectivity index is 1.40. The lowest BCUT2D eigenvalue weighted by Gasteiger charge is -2.32. The Morgan fingerprint density at radius 1 is 1.26 bits per heavy atom. The van der Waals surface area contributed by atoms with E-state index in [1.807, 2.05) is 19.1 Å².